The maximum absolute atomic E-state index is 12.1. The first kappa shape index (κ1) is 22.9. The van der Waals surface area contributed by atoms with E-state index >= 15 is 0 Å². The first-order valence-electron chi connectivity index (χ1n) is 6.89. The molecule has 0 bridgehead atoms. The number of carbonyl (C=O) groups excluding carboxylic acids is 3. The Hall–Kier alpha value is -1.11. The number of aliphatic carboxylic acids is 1. The van der Waals surface area contributed by atoms with Crippen molar-refractivity contribution >= 4 is 61.6 Å². The Morgan fingerprint density at radius 3 is 1.67 bits per heavy atom. The number of nitrogens with two attached hydrogens (primary N) is 1. The molecular formula is C12H22N4O5S3. The van der Waals surface area contributed by atoms with Crippen LogP contribution in [0.4, 0.5) is 0 Å². The van der Waals surface area contributed by atoms with Crippen LogP contribution in [0.1, 0.15) is 6.92 Å². The summed E-state index contributed by atoms with van der Waals surface area (Å²) in [6, 6.07) is -4.09. The van der Waals surface area contributed by atoms with Gasteiger partial charge in [0.25, 0.3) is 0 Å². The smallest absolute Gasteiger partial charge is 0.325 e. The molecule has 0 spiro atoms. The summed E-state index contributed by atoms with van der Waals surface area (Å²) in [4.78, 5) is 46.5. The fourth-order valence-corrected chi connectivity index (χ4v) is 2.08. The monoisotopic (exact) mass is 398 g/mol. The maximum atomic E-state index is 12.1. The summed E-state index contributed by atoms with van der Waals surface area (Å²) in [6.45, 7) is 1.28. The number of hydrogen-bond acceptors (Lipinski definition) is 8. The predicted octanol–water partition coefficient (Wildman–Crippen LogP) is -2.34. The SMILES string of the molecule is CC(NC(=O)C(CS)NC(=O)C(CS)NC(=O)C(N)CS)C(=O)O. The number of nitrogens with one attached hydrogen (secondary N) is 3. The van der Waals surface area contributed by atoms with E-state index in [0.717, 1.165) is 0 Å². The van der Waals surface area contributed by atoms with E-state index in [1.54, 1.807) is 0 Å². The molecule has 0 fully saturated rings. The van der Waals surface area contributed by atoms with Gasteiger partial charge in [0.15, 0.2) is 0 Å². The third kappa shape index (κ3) is 7.64. The predicted molar refractivity (Wildman–Crippen MR) is 98.6 cm³/mol. The van der Waals surface area contributed by atoms with Gasteiger partial charge in [-0.25, -0.2) is 0 Å². The second-order valence-corrected chi connectivity index (χ2v) is 5.94. The van der Waals surface area contributed by atoms with Crippen molar-refractivity contribution < 1.29 is 24.3 Å². The summed E-state index contributed by atoms with van der Waals surface area (Å²) in [5.41, 5.74) is 5.50. The van der Waals surface area contributed by atoms with Gasteiger partial charge in [-0.05, 0) is 6.92 Å². The Balaban J connectivity index is 4.79. The van der Waals surface area contributed by atoms with Crippen LogP contribution in [0.2, 0.25) is 0 Å². The van der Waals surface area contributed by atoms with Crippen LogP contribution in [0, 0.1) is 0 Å². The molecule has 0 rings (SSSR count). The molecule has 0 aliphatic heterocycles. The molecule has 0 radical (unpaired) electrons. The van der Waals surface area contributed by atoms with Gasteiger partial charge in [-0.3, -0.25) is 19.2 Å². The number of thiol groups is 3. The van der Waals surface area contributed by atoms with Gasteiger partial charge < -0.3 is 26.8 Å². The lowest BCUT2D eigenvalue weighted by Crippen LogP contribution is -2.58. The van der Waals surface area contributed by atoms with E-state index in [9.17, 15) is 19.2 Å². The van der Waals surface area contributed by atoms with Crippen molar-refractivity contribution in [1.82, 2.24) is 16.0 Å². The van der Waals surface area contributed by atoms with Crippen molar-refractivity contribution in [3.63, 3.8) is 0 Å². The van der Waals surface area contributed by atoms with E-state index in [-0.39, 0.29) is 17.3 Å². The summed E-state index contributed by atoms with van der Waals surface area (Å²) in [5, 5.41) is 15.8. The highest BCUT2D eigenvalue weighted by atomic mass is 32.1. The number of carbonyl (C=O) groups is 4. The molecule has 0 saturated carbocycles. The fraction of sp³-hybridized carbons (Fsp3) is 0.667. The summed E-state index contributed by atoms with van der Waals surface area (Å²) >= 11 is 11.8. The Labute approximate surface area is 156 Å². The van der Waals surface area contributed by atoms with Crippen molar-refractivity contribution in [1.29, 1.82) is 0 Å². The van der Waals surface area contributed by atoms with Gasteiger partial charge in [0.05, 0.1) is 6.04 Å². The van der Waals surface area contributed by atoms with Gasteiger partial charge in [-0.1, -0.05) is 0 Å². The van der Waals surface area contributed by atoms with Crippen molar-refractivity contribution in [2.75, 3.05) is 17.3 Å². The first-order valence-corrected chi connectivity index (χ1v) is 8.79. The van der Waals surface area contributed by atoms with Gasteiger partial charge in [0.1, 0.15) is 18.1 Å². The van der Waals surface area contributed by atoms with E-state index in [4.69, 9.17) is 10.8 Å². The van der Waals surface area contributed by atoms with Crippen molar-refractivity contribution in [3.8, 4) is 0 Å². The molecule has 12 heteroatoms. The van der Waals surface area contributed by atoms with Crippen LogP contribution in [0.3, 0.4) is 0 Å². The zero-order valence-corrected chi connectivity index (χ0v) is 15.6. The Morgan fingerprint density at radius 2 is 1.29 bits per heavy atom. The van der Waals surface area contributed by atoms with Crippen LogP contribution < -0.4 is 21.7 Å². The number of rotatable bonds is 10. The standard InChI is InChI=1S/C12H22N4O5S3/c1-5(12(20)21)14-10(18)7(3-23)16-11(19)8(4-24)15-9(17)6(13)2-22/h5-8,22-24H,2-4,13H2,1H3,(H,14,18)(H,15,17)(H,16,19)(H,20,21). The quantitative estimate of drug-likeness (QED) is 0.193. The minimum absolute atomic E-state index is 0.0245. The van der Waals surface area contributed by atoms with Crippen LogP contribution in [0.5, 0.6) is 0 Å². The number of carboxylic acids is 1. The second kappa shape index (κ2) is 11.4. The third-order valence-corrected chi connectivity index (χ3v) is 4.02. The van der Waals surface area contributed by atoms with E-state index in [1.165, 1.54) is 6.92 Å². The zero-order valence-electron chi connectivity index (χ0n) is 12.9. The average Bonchev–Trinajstić information content (AvgIpc) is 2.55. The Bertz CT molecular complexity index is 480. The van der Waals surface area contributed by atoms with Gasteiger partial charge in [-0.15, -0.1) is 0 Å². The van der Waals surface area contributed by atoms with Gasteiger partial charge in [-0.2, -0.15) is 37.9 Å². The van der Waals surface area contributed by atoms with Crippen LogP contribution in [-0.4, -0.2) is 70.2 Å². The molecule has 0 saturated heterocycles. The Morgan fingerprint density at radius 1 is 0.875 bits per heavy atom. The largest absolute Gasteiger partial charge is 0.480 e. The lowest BCUT2D eigenvalue weighted by molar-refractivity contribution is -0.141. The molecule has 4 atom stereocenters. The molecule has 0 heterocycles. The van der Waals surface area contributed by atoms with Crippen LogP contribution in [-0.2, 0) is 19.2 Å². The molecule has 24 heavy (non-hydrogen) atoms. The molecule has 0 aliphatic rings. The van der Waals surface area contributed by atoms with Crippen molar-refractivity contribution in [2.24, 2.45) is 5.73 Å². The summed E-state index contributed by atoms with van der Waals surface area (Å²) in [5.74, 6) is -3.15. The number of hydrogen-bond donors (Lipinski definition) is 8. The molecule has 138 valence electrons. The second-order valence-electron chi connectivity index (χ2n) is 4.85. The first-order chi connectivity index (χ1) is 11.2. The molecule has 0 aromatic carbocycles. The minimum atomic E-state index is -1.21. The van der Waals surface area contributed by atoms with E-state index < -0.39 is 47.9 Å². The zero-order chi connectivity index (χ0) is 18.9. The van der Waals surface area contributed by atoms with E-state index in [2.05, 4.69) is 53.8 Å². The lowest BCUT2D eigenvalue weighted by atomic mass is 10.2. The summed E-state index contributed by atoms with van der Waals surface area (Å²) in [7, 11) is 0. The number of amides is 3. The molecule has 0 aromatic rings. The van der Waals surface area contributed by atoms with Crippen molar-refractivity contribution in [3.05, 3.63) is 0 Å². The molecule has 0 aromatic heterocycles. The van der Waals surface area contributed by atoms with Crippen molar-refractivity contribution in [2.45, 2.75) is 31.1 Å². The topological polar surface area (TPSA) is 151 Å². The molecule has 0 aliphatic carbocycles. The molecule has 4 unspecified atom stereocenters. The van der Waals surface area contributed by atoms with E-state index in [1.807, 2.05) is 0 Å². The summed E-state index contributed by atoms with van der Waals surface area (Å²) < 4.78 is 0. The van der Waals surface area contributed by atoms with E-state index in [0.29, 0.717) is 0 Å². The molecular weight excluding hydrogens is 376 g/mol. The highest BCUT2D eigenvalue weighted by molar-refractivity contribution is 7.80. The molecule has 9 nitrogen and oxygen atoms in total. The lowest BCUT2D eigenvalue weighted by Gasteiger charge is -2.22. The molecule has 6 N–H and O–H groups in total. The highest BCUT2D eigenvalue weighted by Gasteiger charge is 2.27. The van der Waals surface area contributed by atoms with Crippen LogP contribution in [0.15, 0.2) is 0 Å². The van der Waals surface area contributed by atoms with Crippen LogP contribution >= 0.6 is 37.9 Å². The Kier molecular flexibility index (Phi) is 10.9. The maximum Gasteiger partial charge on any atom is 0.325 e. The minimum Gasteiger partial charge on any atom is -0.480 e. The van der Waals surface area contributed by atoms with Gasteiger partial charge in [0, 0.05) is 17.3 Å². The van der Waals surface area contributed by atoms with Gasteiger partial charge >= 0.3 is 5.97 Å². The third-order valence-electron chi connectivity index (χ3n) is 2.89. The highest BCUT2D eigenvalue weighted by Crippen LogP contribution is 1.96. The fourth-order valence-electron chi connectivity index (χ4n) is 1.40. The van der Waals surface area contributed by atoms with Gasteiger partial charge in [0.2, 0.25) is 17.7 Å². The number of carboxylic acid groups (broad SMARTS) is 1. The summed E-state index contributed by atoms with van der Waals surface area (Å²) in [6.07, 6.45) is 0. The van der Waals surface area contributed by atoms with Crippen LogP contribution in [0.25, 0.3) is 0 Å². The average molecular weight is 399 g/mol. The normalized spacial score (nSPS) is 15.5. The molecule has 3 amide bonds.